The Bertz CT molecular complexity index is 765. The topological polar surface area (TPSA) is 71.3 Å². The summed E-state index contributed by atoms with van der Waals surface area (Å²) in [6, 6.07) is 7.12. The first-order chi connectivity index (χ1) is 11.7. The second kappa shape index (κ2) is 7.53. The van der Waals surface area contributed by atoms with E-state index in [9.17, 15) is 9.59 Å². The molecule has 2 heterocycles. The van der Waals surface area contributed by atoms with Crippen LogP contribution in [-0.2, 0) is 11.3 Å². The lowest BCUT2D eigenvalue weighted by Gasteiger charge is -2.34. The predicted octanol–water partition coefficient (Wildman–Crippen LogP) is 0.736. The van der Waals surface area contributed by atoms with Crippen molar-refractivity contribution in [2.24, 2.45) is 0 Å². The van der Waals surface area contributed by atoms with Crippen molar-refractivity contribution in [3.05, 3.63) is 34.6 Å². The van der Waals surface area contributed by atoms with Gasteiger partial charge in [-0.2, -0.15) is 0 Å². The van der Waals surface area contributed by atoms with Crippen LogP contribution in [0.25, 0.3) is 10.9 Å². The van der Waals surface area contributed by atoms with Crippen molar-refractivity contribution in [1.82, 2.24) is 24.8 Å². The molecular weight excluding hydrogens is 306 g/mol. The third-order valence-corrected chi connectivity index (χ3v) is 4.43. The Balaban J connectivity index is 1.59. The number of piperazine rings is 1. The molecule has 0 radical (unpaired) electrons. The van der Waals surface area contributed by atoms with Gasteiger partial charge in [-0.3, -0.25) is 14.5 Å². The Labute approximate surface area is 140 Å². The molecule has 1 amide bonds. The molecule has 0 N–H and O–H groups in total. The fraction of sp³-hybridized carbons (Fsp3) is 0.529. The monoisotopic (exact) mass is 329 g/mol. The number of rotatable bonds is 5. The molecule has 7 heteroatoms. The van der Waals surface area contributed by atoms with Crippen LogP contribution >= 0.6 is 0 Å². The molecule has 1 fully saturated rings. The molecule has 1 aliphatic heterocycles. The molecule has 0 atom stereocenters. The van der Waals surface area contributed by atoms with Crippen LogP contribution in [0.5, 0.6) is 0 Å². The summed E-state index contributed by atoms with van der Waals surface area (Å²) >= 11 is 0. The van der Waals surface area contributed by atoms with Gasteiger partial charge in [-0.15, -0.1) is 5.10 Å². The van der Waals surface area contributed by atoms with Gasteiger partial charge in [0.05, 0.1) is 11.9 Å². The van der Waals surface area contributed by atoms with Gasteiger partial charge in [-0.25, -0.2) is 4.68 Å². The molecule has 1 aromatic heterocycles. The molecule has 0 spiro atoms. The Morgan fingerprint density at radius 1 is 1.12 bits per heavy atom. The Morgan fingerprint density at radius 2 is 1.88 bits per heavy atom. The van der Waals surface area contributed by atoms with Crippen molar-refractivity contribution < 1.29 is 4.79 Å². The van der Waals surface area contributed by atoms with Crippen molar-refractivity contribution in [3.63, 3.8) is 0 Å². The van der Waals surface area contributed by atoms with Gasteiger partial charge in [-0.05, 0) is 25.1 Å². The zero-order valence-electron chi connectivity index (χ0n) is 14.0. The van der Waals surface area contributed by atoms with Crippen molar-refractivity contribution in [2.45, 2.75) is 26.3 Å². The zero-order valence-corrected chi connectivity index (χ0v) is 14.0. The minimum absolute atomic E-state index is 0.0769. The van der Waals surface area contributed by atoms with Gasteiger partial charge in [0, 0.05) is 32.6 Å². The standard InChI is InChI=1S/C17H23N5O2/c1-2-8-20-10-12-21(13-11-20)16(23)7-9-22-17(24)14-5-3-4-6-15(14)18-19-22/h3-6H,2,7-13H2,1H3. The van der Waals surface area contributed by atoms with Gasteiger partial charge in [0.25, 0.3) is 5.56 Å². The maximum atomic E-state index is 12.4. The third kappa shape index (κ3) is 3.62. The fourth-order valence-electron chi connectivity index (χ4n) is 3.07. The number of hydrogen-bond donors (Lipinski definition) is 0. The van der Waals surface area contributed by atoms with Crippen LogP contribution in [0, 0.1) is 0 Å². The number of nitrogens with zero attached hydrogens (tertiary/aromatic N) is 5. The van der Waals surface area contributed by atoms with E-state index in [1.165, 1.54) is 4.68 Å². The highest BCUT2D eigenvalue weighted by Gasteiger charge is 2.20. The quantitative estimate of drug-likeness (QED) is 0.809. The molecule has 24 heavy (non-hydrogen) atoms. The molecule has 1 aliphatic rings. The number of carbonyl (C=O) groups excluding carboxylic acids is 1. The highest BCUT2D eigenvalue weighted by Crippen LogP contribution is 2.06. The third-order valence-electron chi connectivity index (χ3n) is 4.43. The second-order valence-electron chi connectivity index (χ2n) is 6.11. The summed E-state index contributed by atoms with van der Waals surface area (Å²) in [6.45, 7) is 6.90. The highest BCUT2D eigenvalue weighted by molar-refractivity contribution is 5.77. The van der Waals surface area contributed by atoms with E-state index in [2.05, 4.69) is 22.1 Å². The van der Waals surface area contributed by atoms with Crippen LogP contribution in [0.15, 0.2) is 29.1 Å². The first-order valence-corrected chi connectivity index (χ1v) is 8.51. The molecular formula is C17H23N5O2. The number of hydrogen-bond acceptors (Lipinski definition) is 5. The van der Waals surface area contributed by atoms with Crippen LogP contribution in [0.1, 0.15) is 19.8 Å². The molecule has 0 aliphatic carbocycles. The van der Waals surface area contributed by atoms with E-state index in [1.54, 1.807) is 18.2 Å². The SMILES string of the molecule is CCCN1CCN(C(=O)CCn2nnc3ccccc3c2=O)CC1. The zero-order chi connectivity index (χ0) is 16.9. The minimum Gasteiger partial charge on any atom is -0.340 e. The maximum absolute atomic E-state index is 12.4. The molecule has 2 aromatic rings. The van der Waals surface area contributed by atoms with Crippen LogP contribution < -0.4 is 5.56 Å². The number of aromatic nitrogens is 3. The molecule has 1 saturated heterocycles. The van der Waals surface area contributed by atoms with Gasteiger partial charge >= 0.3 is 0 Å². The lowest BCUT2D eigenvalue weighted by molar-refractivity contribution is -0.133. The van der Waals surface area contributed by atoms with E-state index < -0.39 is 0 Å². The average Bonchev–Trinajstić information content (AvgIpc) is 2.62. The van der Waals surface area contributed by atoms with E-state index >= 15 is 0 Å². The van der Waals surface area contributed by atoms with E-state index in [0.717, 1.165) is 39.1 Å². The van der Waals surface area contributed by atoms with Gasteiger partial charge < -0.3 is 4.90 Å². The predicted molar refractivity (Wildman–Crippen MR) is 91.7 cm³/mol. The van der Waals surface area contributed by atoms with Crippen LogP contribution in [0.3, 0.4) is 0 Å². The summed E-state index contributed by atoms with van der Waals surface area (Å²) in [6.07, 6.45) is 1.41. The van der Waals surface area contributed by atoms with Crippen LogP contribution in [0.4, 0.5) is 0 Å². The lowest BCUT2D eigenvalue weighted by atomic mass is 10.2. The van der Waals surface area contributed by atoms with E-state index in [0.29, 0.717) is 10.9 Å². The van der Waals surface area contributed by atoms with Gasteiger partial charge in [0.1, 0.15) is 5.52 Å². The van der Waals surface area contributed by atoms with Crippen molar-refractivity contribution in [3.8, 4) is 0 Å². The summed E-state index contributed by atoms with van der Waals surface area (Å²) in [7, 11) is 0. The molecule has 1 aromatic carbocycles. The number of fused-ring (bicyclic) bond motifs is 1. The first kappa shape index (κ1) is 16.6. The number of amides is 1. The fourth-order valence-corrected chi connectivity index (χ4v) is 3.07. The van der Waals surface area contributed by atoms with E-state index in [4.69, 9.17) is 0 Å². The normalized spacial score (nSPS) is 15.8. The van der Waals surface area contributed by atoms with Crippen molar-refractivity contribution in [1.29, 1.82) is 0 Å². The summed E-state index contributed by atoms with van der Waals surface area (Å²) in [4.78, 5) is 29.0. The molecule has 0 unspecified atom stereocenters. The van der Waals surface area contributed by atoms with Crippen molar-refractivity contribution in [2.75, 3.05) is 32.7 Å². The molecule has 0 saturated carbocycles. The highest BCUT2D eigenvalue weighted by atomic mass is 16.2. The molecule has 7 nitrogen and oxygen atoms in total. The molecule has 128 valence electrons. The van der Waals surface area contributed by atoms with Crippen molar-refractivity contribution >= 4 is 16.8 Å². The second-order valence-corrected chi connectivity index (χ2v) is 6.11. The number of carbonyl (C=O) groups is 1. The summed E-state index contributed by atoms with van der Waals surface area (Å²) in [5.41, 5.74) is 0.387. The Kier molecular flexibility index (Phi) is 5.20. The van der Waals surface area contributed by atoms with Crippen LogP contribution in [0.2, 0.25) is 0 Å². The summed E-state index contributed by atoms with van der Waals surface area (Å²) < 4.78 is 1.29. The Hall–Kier alpha value is -2.28. The first-order valence-electron chi connectivity index (χ1n) is 8.51. The van der Waals surface area contributed by atoms with Gasteiger partial charge in [0.2, 0.25) is 5.91 Å². The van der Waals surface area contributed by atoms with E-state index in [-0.39, 0.29) is 24.4 Å². The van der Waals surface area contributed by atoms with Gasteiger partial charge in [0.15, 0.2) is 0 Å². The minimum atomic E-state index is -0.193. The van der Waals surface area contributed by atoms with Crippen LogP contribution in [-0.4, -0.2) is 63.4 Å². The summed E-state index contributed by atoms with van der Waals surface area (Å²) in [5, 5.41) is 8.51. The lowest BCUT2D eigenvalue weighted by Crippen LogP contribution is -2.49. The maximum Gasteiger partial charge on any atom is 0.277 e. The average molecular weight is 329 g/mol. The number of benzene rings is 1. The summed E-state index contributed by atoms with van der Waals surface area (Å²) in [5.74, 6) is 0.0769. The Morgan fingerprint density at radius 3 is 2.62 bits per heavy atom. The van der Waals surface area contributed by atoms with E-state index in [1.807, 2.05) is 11.0 Å². The molecule has 0 bridgehead atoms. The largest absolute Gasteiger partial charge is 0.340 e. The number of aryl methyl sites for hydroxylation is 1. The smallest absolute Gasteiger partial charge is 0.277 e. The molecule has 3 rings (SSSR count). The van der Waals surface area contributed by atoms with Gasteiger partial charge in [-0.1, -0.05) is 24.3 Å².